The molecule has 1 aliphatic rings. The minimum absolute atomic E-state index is 0.159. The number of carbonyl (C=O) groups is 1. The molecule has 150 valence electrons. The zero-order valence-corrected chi connectivity index (χ0v) is 17.8. The molecule has 1 unspecified atom stereocenters. The number of benzene rings is 2. The zero-order chi connectivity index (χ0) is 20.6. The van der Waals surface area contributed by atoms with Gasteiger partial charge in [0, 0.05) is 22.6 Å². The van der Waals surface area contributed by atoms with Crippen LogP contribution in [-0.4, -0.2) is 20.9 Å². The van der Waals surface area contributed by atoms with Gasteiger partial charge in [-0.15, -0.1) is 11.3 Å². The zero-order valence-electron chi connectivity index (χ0n) is 16.1. The quantitative estimate of drug-likeness (QED) is 0.637. The van der Waals surface area contributed by atoms with Crippen molar-refractivity contribution in [2.24, 2.45) is 0 Å². The van der Waals surface area contributed by atoms with E-state index in [1.807, 2.05) is 44.2 Å². The second-order valence-electron chi connectivity index (χ2n) is 6.97. The van der Waals surface area contributed by atoms with Crippen LogP contribution >= 0.6 is 11.3 Å². The predicted molar refractivity (Wildman–Crippen MR) is 114 cm³/mol. The van der Waals surface area contributed by atoms with E-state index in [9.17, 15) is 13.2 Å². The molecule has 0 bridgehead atoms. The van der Waals surface area contributed by atoms with Crippen molar-refractivity contribution in [2.45, 2.75) is 36.0 Å². The average Bonchev–Trinajstić information content (AvgIpc) is 3.13. The molecule has 1 aromatic heterocycles. The summed E-state index contributed by atoms with van der Waals surface area (Å²) in [4.78, 5) is 13.7. The Morgan fingerprint density at radius 3 is 2.62 bits per heavy atom. The molecule has 5 nitrogen and oxygen atoms in total. The van der Waals surface area contributed by atoms with Crippen LogP contribution in [0.5, 0.6) is 5.75 Å². The summed E-state index contributed by atoms with van der Waals surface area (Å²) >= 11 is 1.37. The first-order chi connectivity index (χ1) is 13.9. The van der Waals surface area contributed by atoms with Crippen LogP contribution < -0.4 is 10.1 Å². The first-order valence-electron chi connectivity index (χ1n) is 9.36. The van der Waals surface area contributed by atoms with Crippen LogP contribution in [0.2, 0.25) is 0 Å². The van der Waals surface area contributed by atoms with Crippen LogP contribution in [0, 0.1) is 6.92 Å². The third-order valence-electron chi connectivity index (χ3n) is 4.94. The van der Waals surface area contributed by atoms with Gasteiger partial charge in [0.1, 0.15) is 10.6 Å². The van der Waals surface area contributed by atoms with E-state index in [2.05, 4.69) is 5.32 Å². The fourth-order valence-electron chi connectivity index (χ4n) is 3.54. The predicted octanol–water partition coefficient (Wildman–Crippen LogP) is 4.76. The molecular weight excluding hydrogens is 406 g/mol. The number of carbonyl (C=O) groups excluding carboxylic acids is 1. The Morgan fingerprint density at radius 1 is 1.17 bits per heavy atom. The lowest BCUT2D eigenvalue weighted by molar-refractivity contribution is -0.116. The summed E-state index contributed by atoms with van der Waals surface area (Å²) in [5, 5.41) is 4.43. The van der Waals surface area contributed by atoms with Gasteiger partial charge in [-0.1, -0.05) is 24.3 Å². The lowest BCUT2D eigenvalue weighted by atomic mass is 9.90. The largest absolute Gasteiger partial charge is 0.494 e. The molecule has 4 rings (SSSR count). The van der Waals surface area contributed by atoms with Crippen LogP contribution in [0.25, 0.3) is 0 Å². The minimum atomic E-state index is -3.73. The van der Waals surface area contributed by atoms with Gasteiger partial charge in [0.15, 0.2) is 0 Å². The first-order valence-corrected chi connectivity index (χ1v) is 11.7. The SMILES string of the molecule is CCOc1ccc(C2CC(=O)Nc3c(S(=O)(=O)c4cccc(C)c4)csc32)cc1. The number of nitrogens with one attached hydrogen (secondary N) is 1. The van der Waals surface area contributed by atoms with E-state index in [0.29, 0.717) is 12.3 Å². The molecule has 1 aliphatic heterocycles. The Balaban J connectivity index is 1.76. The number of ether oxygens (including phenoxy) is 1. The highest BCUT2D eigenvalue weighted by Crippen LogP contribution is 2.46. The molecule has 0 fully saturated rings. The second-order valence-corrected chi connectivity index (χ2v) is 9.80. The van der Waals surface area contributed by atoms with Gasteiger partial charge < -0.3 is 10.1 Å². The van der Waals surface area contributed by atoms with Crippen LogP contribution in [-0.2, 0) is 14.6 Å². The van der Waals surface area contributed by atoms with Crippen molar-refractivity contribution in [3.8, 4) is 5.75 Å². The molecule has 2 heterocycles. The number of hydrogen-bond acceptors (Lipinski definition) is 5. The van der Waals surface area contributed by atoms with Gasteiger partial charge in [-0.05, 0) is 49.2 Å². The number of fused-ring (bicyclic) bond motifs is 1. The number of sulfone groups is 1. The molecule has 1 amide bonds. The van der Waals surface area contributed by atoms with Crippen molar-refractivity contribution in [1.29, 1.82) is 0 Å². The summed E-state index contributed by atoms with van der Waals surface area (Å²) in [6, 6.07) is 14.4. The summed E-state index contributed by atoms with van der Waals surface area (Å²) in [5.74, 6) is 0.405. The number of thiophene rings is 1. The number of rotatable bonds is 5. The van der Waals surface area contributed by atoms with Crippen molar-refractivity contribution < 1.29 is 17.9 Å². The molecule has 1 atom stereocenters. The molecule has 0 saturated heterocycles. The van der Waals surface area contributed by atoms with Crippen LogP contribution in [0.15, 0.2) is 63.7 Å². The molecule has 2 aromatic carbocycles. The molecule has 0 radical (unpaired) electrons. The smallest absolute Gasteiger partial charge is 0.225 e. The number of hydrogen-bond donors (Lipinski definition) is 1. The maximum absolute atomic E-state index is 13.2. The summed E-state index contributed by atoms with van der Waals surface area (Å²) in [7, 11) is -3.73. The Bertz CT molecular complexity index is 1160. The van der Waals surface area contributed by atoms with Gasteiger partial charge in [-0.25, -0.2) is 8.42 Å². The Hall–Kier alpha value is -2.64. The summed E-state index contributed by atoms with van der Waals surface area (Å²) < 4.78 is 31.9. The van der Waals surface area contributed by atoms with Gasteiger partial charge in [-0.2, -0.15) is 0 Å². The van der Waals surface area contributed by atoms with E-state index in [0.717, 1.165) is 21.8 Å². The van der Waals surface area contributed by atoms with Gasteiger partial charge in [0.25, 0.3) is 0 Å². The standard InChI is InChI=1S/C22H21NO4S2/c1-3-27-16-9-7-15(8-10-16)18-12-20(24)23-21-19(13-28-22(18)21)29(25,26)17-6-4-5-14(2)11-17/h4-11,13,18H,3,12H2,1-2H3,(H,23,24). The molecule has 0 saturated carbocycles. The molecular formula is C22H21NO4S2. The molecule has 0 aliphatic carbocycles. The van der Waals surface area contributed by atoms with E-state index >= 15 is 0 Å². The highest BCUT2D eigenvalue weighted by atomic mass is 32.2. The normalized spacial score (nSPS) is 16.2. The lowest BCUT2D eigenvalue weighted by Crippen LogP contribution is -2.23. The third kappa shape index (κ3) is 3.68. The van der Waals surface area contributed by atoms with E-state index in [1.54, 1.807) is 23.6 Å². The molecule has 1 N–H and O–H groups in total. The highest BCUT2D eigenvalue weighted by Gasteiger charge is 2.34. The maximum atomic E-state index is 13.2. The number of amides is 1. The fourth-order valence-corrected chi connectivity index (χ4v) is 6.56. The van der Waals surface area contributed by atoms with E-state index in [4.69, 9.17) is 4.74 Å². The number of anilines is 1. The summed E-state index contributed by atoms with van der Waals surface area (Å²) in [6.07, 6.45) is 0.283. The molecule has 3 aromatic rings. The lowest BCUT2D eigenvalue weighted by Gasteiger charge is -2.24. The van der Waals surface area contributed by atoms with Crippen LogP contribution in [0.1, 0.15) is 35.3 Å². The number of aryl methyl sites for hydroxylation is 1. The average molecular weight is 428 g/mol. The van der Waals surface area contributed by atoms with Crippen LogP contribution in [0.4, 0.5) is 5.69 Å². The van der Waals surface area contributed by atoms with Crippen LogP contribution in [0.3, 0.4) is 0 Å². The Labute approximate surface area is 174 Å². The van der Waals surface area contributed by atoms with Crippen molar-refractivity contribution in [1.82, 2.24) is 0 Å². The Kier molecular flexibility index (Phi) is 5.19. The second kappa shape index (κ2) is 7.65. The Morgan fingerprint density at radius 2 is 1.93 bits per heavy atom. The molecule has 29 heavy (non-hydrogen) atoms. The van der Waals surface area contributed by atoms with Gasteiger partial charge in [0.2, 0.25) is 15.7 Å². The van der Waals surface area contributed by atoms with E-state index in [-0.39, 0.29) is 28.0 Å². The highest BCUT2D eigenvalue weighted by molar-refractivity contribution is 7.91. The topological polar surface area (TPSA) is 72.5 Å². The minimum Gasteiger partial charge on any atom is -0.494 e. The fraction of sp³-hybridized carbons (Fsp3) is 0.227. The maximum Gasteiger partial charge on any atom is 0.225 e. The van der Waals surface area contributed by atoms with Crippen molar-refractivity contribution in [3.05, 3.63) is 69.9 Å². The van der Waals surface area contributed by atoms with Gasteiger partial charge in [-0.3, -0.25) is 4.79 Å². The van der Waals surface area contributed by atoms with Gasteiger partial charge in [0.05, 0.1) is 17.2 Å². The van der Waals surface area contributed by atoms with E-state index < -0.39 is 9.84 Å². The van der Waals surface area contributed by atoms with Crippen molar-refractivity contribution in [2.75, 3.05) is 11.9 Å². The summed E-state index contributed by atoms with van der Waals surface area (Å²) in [6.45, 7) is 4.36. The molecule has 7 heteroatoms. The molecule has 0 spiro atoms. The third-order valence-corrected chi connectivity index (χ3v) is 7.96. The van der Waals surface area contributed by atoms with Gasteiger partial charge >= 0.3 is 0 Å². The first kappa shape index (κ1) is 19.7. The van der Waals surface area contributed by atoms with Crippen molar-refractivity contribution >= 4 is 32.8 Å². The summed E-state index contributed by atoms with van der Waals surface area (Å²) in [5.41, 5.74) is 2.24. The van der Waals surface area contributed by atoms with Crippen molar-refractivity contribution in [3.63, 3.8) is 0 Å². The monoisotopic (exact) mass is 427 g/mol. The van der Waals surface area contributed by atoms with E-state index in [1.165, 1.54) is 11.3 Å².